The minimum atomic E-state index is -0.605. The molecule has 6 heteroatoms. The molecule has 0 aliphatic carbocycles. The number of unbranched alkanes of at least 4 members (excludes halogenated alkanes) is 1. The average molecular weight is 333 g/mol. The summed E-state index contributed by atoms with van der Waals surface area (Å²) in [6.07, 6.45) is 8.04. The number of carbonyl (C=O) groups excluding carboxylic acids is 1. The number of ether oxygens (including phenoxy) is 2. The number of rotatable bonds is 7. The van der Waals surface area contributed by atoms with E-state index in [9.17, 15) is 15.0 Å². The molecule has 1 aromatic carbocycles. The van der Waals surface area contributed by atoms with Crippen LogP contribution in [0.3, 0.4) is 0 Å². The SMILES string of the molecule is O=CC1C=COc2cc(O)c(OCCCCN3CCCC3)c(O)c21. The summed E-state index contributed by atoms with van der Waals surface area (Å²) < 4.78 is 10.8. The largest absolute Gasteiger partial charge is 0.504 e. The molecule has 2 N–H and O–H groups in total. The number of fused-ring (bicyclic) bond motifs is 1. The Morgan fingerprint density at radius 2 is 2.08 bits per heavy atom. The van der Waals surface area contributed by atoms with Crippen molar-refractivity contribution in [3.8, 4) is 23.0 Å². The van der Waals surface area contributed by atoms with Gasteiger partial charge in [0.15, 0.2) is 11.5 Å². The fourth-order valence-electron chi connectivity index (χ4n) is 3.21. The molecule has 1 saturated heterocycles. The molecule has 0 aromatic heterocycles. The molecule has 1 atom stereocenters. The Labute approximate surface area is 141 Å². The van der Waals surface area contributed by atoms with Gasteiger partial charge in [0, 0.05) is 6.07 Å². The van der Waals surface area contributed by atoms with Crippen molar-refractivity contribution in [1.29, 1.82) is 0 Å². The first-order chi connectivity index (χ1) is 11.7. The van der Waals surface area contributed by atoms with Crippen molar-refractivity contribution in [1.82, 2.24) is 4.90 Å². The summed E-state index contributed by atoms with van der Waals surface area (Å²) in [5.41, 5.74) is 0.331. The zero-order chi connectivity index (χ0) is 16.9. The van der Waals surface area contributed by atoms with Crippen LogP contribution in [-0.4, -0.2) is 47.6 Å². The highest BCUT2D eigenvalue weighted by Crippen LogP contribution is 2.48. The molecule has 2 heterocycles. The molecule has 1 unspecified atom stereocenters. The number of hydrogen-bond donors (Lipinski definition) is 2. The first kappa shape index (κ1) is 16.6. The van der Waals surface area contributed by atoms with Gasteiger partial charge in [0.25, 0.3) is 0 Å². The summed E-state index contributed by atoms with van der Waals surface area (Å²) in [7, 11) is 0. The van der Waals surface area contributed by atoms with Gasteiger partial charge in [-0.3, -0.25) is 0 Å². The maximum Gasteiger partial charge on any atom is 0.203 e. The Bertz CT molecular complexity index is 622. The number of nitrogens with zero attached hydrogens (tertiary/aromatic N) is 1. The maximum absolute atomic E-state index is 11.2. The summed E-state index contributed by atoms with van der Waals surface area (Å²) in [4.78, 5) is 13.6. The maximum atomic E-state index is 11.2. The van der Waals surface area contributed by atoms with Crippen molar-refractivity contribution < 1.29 is 24.5 Å². The lowest BCUT2D eigenvalue weighted by Gasteiger charge is -2.21. The predicted octanol–water partition coefficient (Wildman–Crippen LogP) is 2.54. The van der Waals surface area contributed by atoms with Crippen LogP contribution in [0.1, 0.15) is 37.2 Å². The van der Waals surface area contributed by atoms with E-state index >= 15 is 0 Å². The lowest BCUT2D eigenvalue weighted by molar-refractivity contribution is -0.108. The smallest absolute Gasteiger partial charge is 0.203 e. The van der Waals surface area contributed by atoms with Crippen LogP contribution in [0.15, 0.2) is 18.4 Å². The van der Waals surface area contributed by atoms with Crippen molar-refractivity contribution in [2.24, 2.45) is 0 Å². The zero-order valence-corrected chi connectivity index (χ0v) is 13.6. The molecule has 0 saturated carbocycles. The number of likely N-dealkylation sites (tertiary alicyclic amines) is 1. The van der Waals surface area contributed by atoms with Crippen LogP contribution in [0.5, 0.6) is 23.0 Å². The Balaban J connectivity index is 1.60. The second-order valence-electron chi connectivity index (χ2n) is 6.20. The fraction of sp³-hybridized carbons (Fsp3) is 0.500. The minimum absolute atomic E-state index is 0.0145. The van der Waals surface area contributed by atoms with Crippen LogP contribution in [0, 0.1) is 0 Å². The Hall–Kier alpha value is -2.21. The van der Waals surface area contributed by atoms with E-state index in [2.05, 4.69) is 4.90 Å². The highest BCUT2D eigenvalue weighted by Gasteiger charge is 2.27. The van der Waals surface area contributed by atoms with Gasteiger partial charge in [-0.25, -0.2) is 0 Å². The summed E-state index contributed by atoms with van der Waals surface area (Å²) in [6.45, 7) is 3.80. The quantitative estimate of drug-likeness (QED) is 0.590. The normalized spacial score (nSPS) is 19.8. The van der Waals surface area contributed by atoms with E-state index in [1.807, 2.05) is 0 Å². The van der Waals surface area contributed by atoms with Gasteiger partial charge >= 0.3 is 0 Å². The number of hydrogen-bond acceptors (Lipinski definition) is 6. The van der Waals surface area contributed by atoms with Crippen molar-refractivity contribution in [2.45, 2.75) is 31.6 Å². The number of carbonyl (C=O) groups is 1. The number of benzene rings is 1. The van der Waals surface area contributed by atoms with Crippen molar-refractivity contribution in [3.05, 3.63) is 24.0 Å². The molecule has 0 spiro atoms. The summed E-state index contributed by atoms with van der Waals surface area (Å²) in [5.74, 6) is -0.741. The van der Waals surface area contributed by atoms with Crippen molar-refractivity contribution in [2.75, 3.05) is 26.2 Å². The molecule has 1 fully saturated rings. The van der Waals surface area contributed by atoms with Gasteiger partial charge in [-0.1, -0.05) is 0 Å². The monoisotopic (exact) mass is 333 g/mol. The van der Waals surface area contributed by atoms with Gasteiger partial charge in [0.1, 0.15) is 12.0 Å². The van der Waals surface area contributed by atoms with Gasteiger partial charge in [-0.2, -0.15) is 0 Å². The Morgan fingerprint density at radius 3 is 2.83 bits per heavy atom. The molecule has 2 aliphatic heterocycles. The Morgan fingerprint density at radius 1 is 1.29 bits per heavy atom. The van der Waals surface area contributed by atoms with Crippen molar-refractivity contribution >= 4 is 6.29 Å². The number of phenolic OH excluding ortho intramolecular Hbond substituents is 2. The lowest BCUT2D eigenvalue weighted by atomic mass is 9.96. The van der Waals surface area contributed by atoms with E-state index in [1.54, 1.807) is 6.08 Å². The predicted molar refractivity (Wildman–Crippen MR) is 88.7 cm³/mol. The molecule has 1 aromatic rings. The van der Waals surface area contributed by atoms with E-state index in [0.717, 1.165) is 19.4 Å². The third-order valence-corrected chi connectivity index (χ3v) is 4.51. The molecule has 3 rings (SSSR count). The second-order valence-corrected chi connectivity index (χ2v) is 6.20. The van der Waals surface area contributed by atoms with Gasteiger partial charge in [0.05, 0.1) is 24.4 Å². The first-order valence-electron chi connectivity index (χ1n) is 8.43. The van der Waals surface area contributed by atoms with Gasteiger partial charge in [-0.05, 0) is 51.4 Å². The molecule has 6 nitrogen and oxygen atoms in total. The third kappa shape index (κ3) is 3.48. The molecule has 0 bridgehead atoms. The van der Waals surface area contributed by atoms with Gasteiger partial charge in [-0.15, -0.1) is 0 Å². The first-order valence-corrected chi connectivity index (χ1v) is 8.43. The van der Waals surface area contributed by atoms with Crippen LogP contribution < -0.4 is 9.47 Å². The topological polar surface area (TPSA) is 79.2 Å². The highest BCUT2D eigenvalue weighted by molar-refractivity contribution is 5.74. The summed E-state index contributed by atoms with van der Waals surface area (Å²) in [5, 5.41) is 20.4. The molecular formula is C18H23NO5. The van der Waals surface area contributed by atoms with Gasteiger partial charge < -0.3 is 29.4 Å². The van der Waals surface area contributed by atoms with Crippen LogP contribution >= 0.6 is 0 Å². The number of phenols is 2. The van der Waals surface area contributed by atoms with Crippen LogP contribution in [0.25, 0.3) is 0 Å². The second kappa shape index (κ2) is 7.57. The third-order valence-electron chi connectivity index (χ3n) is 4.51. The van der Waals surface area contributed by atoms with E-state index in [1.165, 1.54) is 38.3 Å². The minimum Gasteiger partial charge on any atom is -0.504 e. The fourth-order valence-corrected chi connectivity index (χ4v) is 3.21. The van der Waals surface area contributed by atoms with E-state index in [0.29, 0.717) is 18.5 Å². The van der Waals surface area contributed by atoms with Crippen molar-refractivity contribution in [3.63, 3.8) is 0 Å². The lowest BCUT2D eigenvalue weighted by Crippen LogP contribution is -2.20. The molecule has 0 radical (unpaired) electrons. The molecule has 0 amide bonds. The van der Waals surface area contributed by atoms with E-state index in [4.69, 9.17) is 9.47 Å². The molecular weight excluding hydrogens is 310 g/mol. The molecule has 2 aliphatic rings. The summed E-state index contributed by atoms with van der Waals surface area (Å²) >= 11 is 0. The summed E-state index contributed by atoms with van der Waals surface area (Å²) in [6, 6.07) is 1.37. The Kier molecular flexibility index (Phi) is 5.25. The van der Waals surface area contributed by atoms with E-state index in [-0.39, 0.29) is 23.0 Å². The zero-order valence-electron chi connectivity index (χ0n) is 13.6. The number of allylic oxidation sites excluding steroid dienone is 1. The van der Waals surface area contributed by atoms with Crippen LogP contribution in [-0.2, 0) is 4.79 Å². The molecule has 130 valence electrons. The average Bonchev–Trinajstić information content (AvgIpc) is 3.09. The van der Waals surface area contributed by atoms with Crippen LogP contribution in [0.2, 0.25) is 0 Å². The standard InChI is InChI=1S/C18H23NO5/c20-12-13-5-10-23-15-11-14(21)18(17(22)16(13)15)24-9-4-3-8-19-6-1-2-7-19/h5,10-13,21-22H,1-4,6-9H2. The molecule has 24 heavy (non-hydrogen) atoms. The van der Waals surface area contributed by atoms with E-state index < -0.39 is 5.92 Å². The number of aldehydes is 1. The number of aromatic hydroxyl groups is 2. The highest BCUT2D eigenvalue weighted by atomic mass is 16.5. The van der Waals surface area contributed by atoms with Crippen LogP contribution in [0.4, 0.5) is 0 Å². The van der Waals surface area contributed by atoms with Gasteiger partial charge in [0.2, 0.25) is 5.75 Å².